The smallest absolute Gasteiger partial charge is 0.0720 e. The molecule has 1 unspecified atom stereocenters. The first kappa shape index (κ1) is 36.9. The third-order valence-corrected chi connectivity index (χ3v) is 12.4. The van der Waals surface area contributed by atoms with Crippen LogP contribution in [-0.4, -0.2) is 4.57 Å². The maximum atomic E-state index is 6.82. The fourth-order valence-electron chi connectivity index (χ4n) is 9.38. The molecule has 1 heterocycles. The molecule has 0 fully saturated rings. The Balaban J connectivity index is 0.987. The second-order valence-electron chi connectivity index (χ2n) is 16.0. The molecule has 62 heavy (non-hydrogen) atoms. The van der Waals surface area contributed by atoms with Crippen LogP contribution in [0.25, 0.3) is 93.5 Å². The van der Waals surface area contributed by atoms with Gasteiger partial charge in [0.15, 0.2) is 0 Å². The number of aromatic nitrogens is 1. The van der Waals surface area contributed by atoms with Gasteiger partial charge in [-0.3, -0.25) is 0 Å². The van der Waals surface area contributed by atoms with Crippen molar-refractivity contribution in [3.8, 4) is 27.9 Å². The Morgan fingerprint density at radius 3 is 1.71 bits per heavy atom. The van der Waals surface area contributed by atoms with Crippen LogP contribution < -0.4 is 11.1 Å². The Labute approximate surface area is 361 Å². The fraction of sp³-hybridized carbons (Fsp3) is 0.0169. The van der Waals surface area contributed by atoms with Crippen LogP contribution in [-0.2, 0) is 0 Å². The Morgan fingerprint density at radius 2 is 1.00 bits per heavy atom. The molecule has 3 N–H and O–H groups in total. The molecule has 0 amide bonds. The Morgan fingerprint density at radius 1 is 0.468 bits per heavy atom. The molecule has 0 aliphatic rings. The highest BCUT2D eigenvalue weighted by Gasteiger charge is 2.22. The minimum Gasteiger partial charge on any atom is -0.398 e. The van der Waals surface area contributed by atoms with Crippen molar-refractivity contribution in [1.29, 1.82) is 0 Å². The van der Waals surface area contributed by atoms with Crippen LogP contribution >= 0.6 is 0 Å². The Kier molecular flexibility index (Phi) is 9.21. The predicted octanol–water partition coefficient (Wildman–Crippen LogP) is 14.9. The summed E-state index contributed by atoms with van der Waals surface area (Å²) in [6, 6.07) is 77.7. The van der Waals surface area contributed by atoms with Crippen molar-refractivity contribution in [2.75, 3.05) is 0 Å². The molecule has 0 radical (unpaired) electrons. The SMILES string of the molecule is C=C(NC(/C=C(\N)c1ccc(-c2ccccc2)cc1)c1ccccc1)c1ccc(-c2cc3c4ccccc4c4c(c5ccccc5n4-c4ccccc4)c3c3ccccc23)cc1. The van der Waals surface area contributed by atoms with Crippen molar-refractivity contribution in [2.45, 2.75) is 6.04 Å². The average Bonchev–Trinajstić information content (AvgIpc) is 3.70. The zero-order valence-electron chi connectivity index (χ0n) is 34.2. The normalized spacial score (nSPS) is 12.4. The summed E-state index contributed by atoms with van der Waals surface area (Å²) in [5.41, 5.74) is 19.7. The monoisotopic (exact) mass is 793 g/mol. The summed E-state index contributed by atoms with van der Waals surface area (Å²) in [5.74, 6) is 0. The van der Waals surface area contributed by atoms with Crippen LogP contribution in [0.3, 0.4) is 0 Å². The summed E-state index contributed by atoms with van der Waals surface area (Å²) in [6.07, 6.45) is 2.09. The molecule has 294 valence electrons. The van der Waals surface area contributed by atoms with Gasteiger partial charge in [-0.25, -0.2) is 0 Å². The van der Waals surface area contributed by atoms with E-state index >= 15 is 0 Å². The van der Waals surface area contributed by atoms with Gasteiger partial charge in [0, 0.05) is 38.6 Å². The van der Waals surface area contributed by atoms with Gasteiger partial charge in [-0.2, -0.15) is 0 Å². The maximum Gasteiger partial charge on any atom is 0.0720 e. The van der Waals surface area contributed by atoms with Crippen molar-refractivity contribution >= 4 is 65.5 Å². The van der Waals surface area contributed by atoms with Crippen molar-refractivity contribution in [2.24, 2.45) is 5.73 Å². The zero-order chi connectivity index (χ0) is 41.6. The van der Waals surface area contributed by atoms with E-state index < -0.39 is 0 Å². The summed E-state index contributed by atoms with van der Waals surface area (Å²) in [6.45, 7) is 4.54. The number of benzene rings is 10. The number of nitrogens with one attached hydrogen (secondary N) is 1. The molecule has 0 spiro atoms. The summed E-state index contributed by atoms with van der Waals surface area (Å²) < 4.78 is 2.45. The van der Waals surface area contributed by atoms with E-state index in [1.165, 1.54) is 65.3 Å². The number of rotatable bonds is 9. The quantitative estimate of drug-likeness (QED) is 0.143. The summed E-state index contributed by atoms with van der Waals surface area (Å²) in [4.78, 5) is 0. The average molecular weight is 794 g/mol. The number of hydrogen-bond acceptors (Lipinski definition) is 2. The van der Waals surface area contributed by atoms with Gasteiger partial charge in [-0.1, -0.05) is 201 Å². The predicted molar refractivity (Wildman–Crippen MR) is 264 cm³/mol. The molecule has 0 bridgehead atoms. The Bertz CT molecular complexity index is 3470. The minimum absolute atomic E-state index is 0.195. The van der Waals surface area contributed by atoms with Crippen LogP contribution in [0.15, 0.2) is 231 Å². The lowest BCUT2D eigenvalue weighted by Gasteiger charge is -2.21. The van der Waals surface area contributed by atoms with Crippen molar-refractivity contribution < 1.29 is 0 Å². The number of para-hydroxylation sites is 2. The summed E-state index contributed by atoms with van der Waals surface area (Å²) >= 11 is 0. The molecule has 1 aromatic heterocycles. The van der Waals surface area contributed by atoms with Gasteiger partial charge < -0.3 is 15.6 Å². The molecular formula is C59H43N3. The molecule has 11 aromatic rings. The van der Waals surface area contributed by atoms with Gasteiger partial charge in [0.05, 0.1) is 17.1 Å². The van der Waals surface area contributed by atoms with Crippen LogP contribution in [0.4, 0.5) is 0 Å². The van der Waals surface area contributed by atoms with Gasteiger partial charge in [-0.15, -0.1) is 0 Å². The third-order valence-electron chi connectivity index (χ3n) is 12.4. The first-order valence-electron chi connectivity index (χ1n) is 21.2. The van der Waals surface area contributed by atoms with E-state index in [0.29, 0.717) is 5.70 Å². The Hall–Kier alpha value is -8.14. The van der Waals surface area contributed by atoms with Crippen LogP contribution in [0.5, 0.6) is 0 Å². The molecule has 0 aliphatic carbocycles. The van der Waals surface area contributed by atoms with E-state index in [-0.39, 0.29) is 6.04 Å². The van der Waals surface area contributed by atoms with E-state index in [1.807, 2.05) is 12.1 Å². The van der Waals surface area contributed by atoms with Gasteiger partial charge in [0.2, 0.25) is 0 Å². The topological polar surface area (TPSA) is 43.0 Å². The molecule has 3 heteroatoms. The highest BCUT2D eigenvalue weighted by Crippen LogP contribution is 2.47. The number of fused-ring (bicyclic) bond motifs is 10. The van der Waals surface area contributed by atoms with Crippen LogP contribution in [0, 0.1) is 0 Å². The van der Waals surface area contributed by atoms with Crippen molar-refractivity contribution in [1.82, 2.24) is 9.88 Å². The second-order valence-corrected chi connectivity index (χ2v) is 16.0. The molecule has 3 nitrogen and oxygen atoms in total. The van der Waals surface area contributed by atoms with Crippen LogP contribution in [0.1, 0.15) is 22.7 Å². The summed E-state index contributed by atoms with van der Waals surface area (Å²) in [5, 5.41) is 13.7. The van der Waals surface area contributed by atoms with E-state index in [0.717, 1.165) is 39.2 Å². The van der Waals surface area contributed by atoms with Crippen molar-refractivity contribution in [3.05, 3.63) is 248 Å². The lowest BCUT2D eigenvalue weighted by molar-refractivity contribution is 0.773. The highest BCUT2D eigenvalue weighted by atomic mass is 15.0. The molecular weight excluding hydrogens is 751 g/mol. The fourth-order valence-corrected chi connectivity index (χ4v) is 9.38. The maximum absolute atomic E-state index is 6.82. The standard InChI is InChI=1S/C59H43N3/c1-39(61-55(45-19-7-3-8-20-45)38-54(60)44-35-31-42(32-36-44)41-17-5-2-6-18-41)40-29-33-43(34-30-40)52-37-53-48-24-12-14-26-50(48)59-58(57(53)49-25-13-11-23-47(49)52)51-27-15-16-28-56(51)62(59)46-21-9-4-10-22-46/h2-38,55,61H,1,60H2/b54-38-. The molecule has 0 saturated carbocycles. The van der Waals surface area contributed by atoms with Gasteiger partial charge in [-0.05, 0) is 90.8 Å². The lowest BCUT2D eigenvalue weighted by atomic mass is 9.88. The highest BCUT2D eigenvalue weighted by molar-refractivity contribution is 6.38. The van der Waals surface area contributed by atoms with E-state index in [9.17, 15) is 0 Å². The first-order chi connectivity index (χ1) is 30.6. The van der Waals surface area contributed by atoms with Crippen LogP contribution in [0.2, 0.25) is 0 Å². The molecule has 11 rings (SSSR count). The van der Waals surface area contributed by atoms with E-state index in [2.05, 4.69) is 229 Å². The second kappa shape index (κ2) is 15.5. The summed E-state index contributed by atoms with van der Waals surface area (Å²) in [7, 11) is 0. The number of hydrogen-bond donors (Lipinski definition) is 2. The zero-order valence-corrected chi connectivity index (χ0v) is 34.2. The minimum atomic E-state index is -0.195. The van der Waals surface area contributed by atoms with Crippen molar-refractivity contribution in [3.63, 3.8) is 0 Å². The number of nitrogens with zero attached hydrogens (tertiary/aromatic N) is 1. The largest absolute Gasteiger partial charge is 0.398 e. The lowest BCUT2D eigenvalue weighted by Crippen LogP contribution is -2.19. The first-order valence-corrected chi connectivity index (χ1v) is 21.2. The molecule has 0 aliphatic heterocycles. The van der Waals surface area contributed by atoms with E-state index in [1.54, 1.807) is 0 Å². The number of nitrogens with two attached hydrogens (primary N) is 1. The molecule has 1 atom stereocenters. The van der Waals surface area contributed by atoms with Gasteiger partial charge >= 0.3 is 0 Å². The molecule has 0 saturated heterocycles. The molecule has 10 aromatic carbocycles. The van der Waals surface area contributed by atoms with Gasteiger partial charge in [0.1, 0.15) is 0 Å². The van der Waals surface area contributed by atoms with Gasteiger partial charge in [0.25, 0.3) is 0 Å². The third kappa shape index (κ3) is 6.39. The van der Waals surface area contributed by atoms with E-state index in [4.69, 9.17) is 5.73 Å².